The van der Waals surface area contributed by atoms with Crippen molar-refractivity contribution in [1.29, 1.82) is 0 Å². The number of aliphatic hydroxyl groups excluding tert-OH is 1. The van der Waals surface area contributed by atoms with E-state index in [2.05, 4.69) is 11.5 Å². The summed E-state index contributed by atoms with van der Waals surface area (Å²) in [6.45, 7) is 5.69. The molecule has 3 N–H and O–H groups in total. The van der Waals surface area contributed by atoms with E-state index in [-0.39, 0.29) is 37.2 Å². The second-order valence-corrected chi connectivity index (χ2v) is 8.31. The molecule has 6 heteroatoms. The van der Waals surface area contributed by atoms with Crippen molar-refractivity contribution in [2.45, 2.75) is 54.9 Å². The van der Waals surface area contributed by atoms with Crippen LogP contribution >= 0.6 is 0 Å². The number of rotatable bonds is 5. The molecule has 6 nitrogen and oxygen atoms in total. The molecule has 1 aromatic rings. The van der Waals surface area contributed by atoms with Crippen molar-refractivity contribution in [2.24, 2.45) is 0 Å². The first-order chi connectivity index (χ1) is 13.1. The number of aromatic hydroxyl groups is 1. The smallest absolute Gasteiger partial charge is 0.165 e. The SMILES string of the molecule is C=CCN1CC[C@]23c4c5ccc(O)c4O[C@H]2[C@@H](OCCO)CC[C@@]3(O)[C@H]1C5. The van der Waals surface area contributed by atoms with Crippen molar-refractivity contribution in [3.63, 3.8) is 0 Å². The van der Waals surface area contributed by atoms with Crippen LogP contribution in [0.3, 0.4) is 0 Å². The van der Waals surface area contributed by atoms with E-state index in [0.29, 0.717) is 18.6 Å². The van der Waals surface area contributed by atoms with Crippen LogP contribution in [0.4, 0.5) is 0 Å². The third kappa shape index (κ3) is 2.04. The zero-order chi connectivity index (χ0) is 18.8. The monoisotopic (exact) mass is 373 g/mol. The number of phenolic OH excluding ortho intramolecular Hbond substituents is 1. The molecule has 2 aliphatic carbocycles. The van der Waals surface area contributed by atoms with Crippen molar-refractivity contribution in [3.8, 4) is 11.5 Å². The van der Waals surface area contributed by atoms with Crippen LogP contribution in [0, 0.1) is 0 Å². The summed E-state index contributed by atoms with van der Waals surface area (Å²) >= 11 is 0. The molecule has 0 radical (unpaired) electrons. The van der Waals surface area contributed by atoms with Gasteiger partial charge < -0.3 is 24.8 Å². The lowest BCUT2D eigenvalue weighted by atomic mass is 9.48. The molecule has 0 amide bonds. The normalized spacial score (nSPS) is 39.0. The van der Waals surface area contributed by atoms with E-state index < -0.39 is 11.0 Å². The maximum Gasteiger partial charge on any atom is 0.165 e. The average molecular weight is 373 g/mol. The van der Waals surface area contributed by atoms with Crippen molar-refractivity contribution < 1.29 is 24.8 Å². The summed E-state index contributed by atoms with van der Waals surface area (Å²) in [5.74, 6) is 0.652. The van der Waals surface area contributed by atoms with E-state index in [9.17, 15) is 15.3 Å². The van der Waals surface area contributed by atoms with Crippen LogP contribution in [-0.2, 0) is 16.6 Å². The third-order valence-corrected chi connectivity index (χ3v) is 7.31. The first-order valence-electron chi connectivity index (χ1n) is 9.88. The van der Waals surface area contributed by atoms with Gasteiger partial charge in [0.1, 0.15) is 6.10 Å². The Bertz CT molecular complexity index is 782. The lowest BCUT2D eigenvalue weighted by Gasteiger charge is -2.64. The highest BCUT2D eigenvalue weighted by Gasteiger charge is 2.73. The topological polar surface area (TPSA) is 82.4 Å². The van der Waals surface area contributed by atoms with Gasteiger partial charge in [-0.05, 0) is 43.9 Å². The predicted molar refractivity (Wildman–Crippen MR) is 99.1 cm³/mol. The molecule has 4 aliphatic rings. The molecule has 1 spiro atoms. The Labute approximate surface area is 159 Å². The Morgan fingerprint density at radius 3 is 3.00 bits per heavy atom. The highest BCUT2D eigenvalue weighted by Crippen LogP contribution is 2.65. The molecule has 2 heterocycles. The Kier molecular flexibility index (Phi) is 3.85. The molecule has 5 atom stereocenters. The molecule has 5 rings (SSSR count). The fraction of sp³-hybridized carbons (Fsp3) is 0.619. The first-order valence-corrected chi connectivity index (χ1v) is 9.88. The number of hydrogen-bond acceptors (Lipinski definition) is 6. The fourth-order valence-corrected chi connectivity index (χ4v) is 6.34. The molecule has 2 aliphatic heterocycles. The van der Waals surface area contributed by atoms with Gasteiger partial charge in [0, 0.05) is 18.2 Å². The molecule has 0 unspecified atom stereocenters. The van der Waals surface area contributed by atoms with Gasteiger partial charge in [0.25, 0.3) is 0 Å². The second kappa shape index (κ2) is 5.95. The molecule has 1 aromatic carbocycles. The average Bonchev–Trinajstić information content (AvgIpc) is 3.01. The zero-order valence-corrected chi connectivity index (χ0v) is 15.4. The van der Waals surface area contributed by atoms with Gasteiger partial charge in [-0.3, -0.25) is 4.90 Å². The predicted octanol–water partition coefficient (Wildman–Crippen LogP) is 1.11. The summed E-state index contributed by atoms with van der Waals surface area (Å²) < 4.78 is 12.3. The van der Waals surface area contributed by atoms with Gasteiger partial charge in [-0.1, -0.05) is 12.1 Å². The van der Waals surface area contributed by atoms with Crippen molar-refractivity contribution >= 4 is 0 Å². The van der Waals surface area contributed by atoms with E-state index >= 15 is 0 Å². The minimum Gasteiger partial charge on any atom is -0.504 e. The lowest BCUT2D eigenvalue weighted by molar-refractivity contribution is -0.214. The minimum atomic E-state index is -0.927. The van der Waals surface area contributed by atoms with Crippen LogP contribution in [0.5, 0.6) is 11.5 Å². The molecule has 1 saturated carbocycles. The number of hydrogen-bond donors (Lipinski definition) is 3. The van der Waals surface area contributed by atoms with Crippen molar-refractivity contribution in [1.82, 2.24) is 4.90 Å². The van der Waals surface area contributed by atoms with Crippen molar-refractivity contribution in [2.75, 3.05) is 26.3 Å². The summed E-state index contributed by atoms with van der Waals surface area (Å²) in [6.07, 6.45) is 4.13. The van der Waals surface area contributed by atoms with E-state index in [1.54, 1.807) is 6.07 Å². The molecule has 2 fully saturated rings. The molecular formula is C21H27NO5. The maximum absolute atomic E-state index is 12.1. The number of benzene rings is 1. The van der Waals surface area contributed by atoms with Gasteiger partial charge in [0.2, 0.25) is 0 Å². The van der Waals surface area contributed by atoms with Crippen LogP contribution in [0.15, 0.2) is 24.8 Å². The Balaban J connectivity index is 1.68. The highest BCUT2D eigenvalue weighted by atomic mass is 16.6. The number of phenols is 1. The van der Waals surface area contributed by atoms with Crippen LogP contribution in [0.1, 0.15) is 30.4 Å². The number of aliphatic hydroxyl groups is 2. The van der Waals surface area contributed by atoms with Gasteiger partial charge in [0.15, 0.2) is 11.5 Å². The Hall–Kier alpha value is -1.60. The van der Waals surface area contributed by atoms with Crippen LogP contribution in [0.25, 0.3) is 0 Å². The van der Waals surface area contributed by atoms with E-state index in [4.69, 9.17) is 9.47 Å². The largest absolute Gasteiger partial charge is 0.504 e. The molecule has 0 aromatic heterocycles. The molecular weight excluding hydrogens is 346 g/mol. The summed E-state index contributed by atoms with van der Waals surface area (Å²) in [7, 11) is 0. The number of likely N-dealkylation sites (tertiary alicyclic amines) is 1. The van der Waals surface area contributed by atoms with Crippen molar-refractivity contribution in [3.05, 3.63) is 35.9 Å². The van der Waals surface area contributed by atoms with Gasteiger partial charge in [-0.25, -0.2) is 0 Å². The minimum absolute atomic E-state index is 0.00265. The summed E-state index contributed by atoms with van der Waals surface area (Å²) in [4.78, 5) is 2.33. The standard InChI is InChI=1S/C21H27NO5/c1-2-8-22-9-7-20-17-13-3-4-14(24)18(17)27-19(20)15(26-11-10-23)5-6-21(20,25)16(22)12-13/h2-4,15-16,19,23-25H,1,5-12H2/t15-,16+,19-,20-,21+/m0/s1. The van der Waals surface area contributed by atoms with E-state index in [0.717, 1.165) is 37.1 Å². The van der Waals surface area contributed by atoms with Gasteiger partial charge >= 0.3 is 0 Å². The third-order valence-electron chi connectivity index (χ3n) is 7.31. The molecule has 2 bridgehead atoms. The summed E-state index contributed by atoms with van der Waals surface area (Å²) in [6, 6.07) is 3.67. The number of nitrogens with zero attached hydrogens (tertiary/aromatic N) is 1. The number of ether oxygens (including phenoxy) is 2. The summed E-state index contributed by atoms with van der Waals surface area (Å²) in [5, 5.41) is 31.8. The molecule has 27 heavy (non-hydrogen) atoms. The summed E-state index contributed by atoms with van der Waals surface area (Å²) in [5.41, 5.74) is 0.637. The molecule has 146 valence electrons. The lowest BCUT2D eigenvalue weighted by Crippen LogP contribution is -2.77. The van der Waals surface area contributed by atoms with Crippen LogP contribution in [0.2, 0.25) is 0 Å². The number of piperidine rings is 1. The van der Waals surface area contributed by atoms with Gasteiger partial charge in [0.05, 0.1) is 30.3 Å². The zero-order valence-electron chi connectivity index (χ0n) is 15.4. The van der Waals surface area contributed by atoms with E-state index in [1.165, 1.54) is 0 Å². The second-order valence-electron chi connectivity index (χ2n) is 8.31. The van der Waals surface area contributed by atoms with Gasteiger partial charge in [-0.15, -0.1) is 6.58 Å². The maximum atomic E-state index is 12.1. The van der Waals surface area contributed by atoms with Gasteiger partial charge in [-0.2, -0.15) is 0 Å². The fourth-order valence-electron chi connectivity index (χ4n) is 6.34. The Morgan fingerprint density at radius 2 is 2.22 bits per heavy atom. The highest BCUT2D eigenvalue weighted by molar-refractivity contribution is 5.62. The Morgan fingerprint density at radius 1 is 1.37 bits per heavy atom. The van der Waals surface area contributed by atoms with Crippen LogP contribution < -0.4 is 4.74 Å². The van der Waals surface area contributed by atoms with E-state index in [1.807, 2.05) is 12.1 Å². The molecule has 1 saturated heterocycles. The first kappa shape index (κ1) is 17.5. The van der Waals surface area contributed by atoms with Crippen LogP contribution in [-0.4, -0.2) is 70.4 Å². The quantitative estimate of drug-likeness (QED) is 0.671.